The highest BCUT2D eigenvalue weighted by Crippen LogP contribution is 2.20. The third kappa shape index (κ3) is 4.28. The Balaban J connectivity index is 1.79. The highest BCUT2D eigenvalue weighted by Gasteiger charge is 2.18. The number of hydrogen-bond acceptors (Lipinski definition) is 7. The number of sulfonamides is 1. The first-order chi connectivity index (χ1) is 12.5. The molecule has 0 bridgehead atoms. The zero-order valence-corrected chi connectivity index (χ0v) is 15.7. The van der Waals surface area contributed by atoms with E-state index in [1.807, 2.05) is 12.3 Å². The maximum atomic E-state index is 12.5. The van der Waals surface area contributed by atoms with E-state index in [2.05, 4.69) is 26.1 Å². The van der Waals surface area contributed by atoms with Crippen molar-refractivity contribution in [2.24, 2.45) is 4.99 Å². The molecule has 2 aromatic rings. The lowest BCUT2D eigenvalue weighted by Crippen LogP contribution is -2.29. The topological polar surface area (TPSA) is 107 Å². The van der Waals surface area contributed by atoms with E-state index in [0.29, 0.717) is 35.1 Å². The van der Waals surface area contributed by atoms with Crippen molar-refractivity contribution in [1.82, 2.24) is 9.71 Å². The number of nitrogens with zero attached hydrogens (tertiary/aromatic N) is 3. The van der Waals surface area contributed by atoms with E-state index in [0.717, 1.165) is 12.1 Å². The van der Waals surface area contributed by atoms with E-state index in [-0.39, 0.29) is 4.90 Å². The fraction of sp³-hybridized carbons (Fsp3) is 0.235. The molecular formula is C17H17N5O2S2. The second-order valence-electron chi connectivity index (χ2n) is 5.67. The van der Waals surface area contributed by atoms with Crippen molar-refractivity contribution in [1.29, 1.82) is 5.26 Å². The summed E-state index contributed by atoms with van der Waals surface area (Å²) in [7, 11) is -3.68. The van der Waals surface area contributed by atoms with Gasteiger partial charge in [0, 0.05) is 35.9 Å². The highest BCUT2D eigenvalue weighted by atomic mass is 32.2. The van der Waals surface area contributed by atoms with Gasteiger partial charge >= 0.3 is 0 Å². The summed E-state index contributed by atoms with van der Waals surface area (Å²) in [6.07, 6.45) is 3.02. The van der Waals surface area contributed by atoms with Crippen molar-refractivity contribution in [3.8, 4) is 6.07 Å². The van der Waals surface area contributed by atoms with Crippen molar-refractivity contribution in [2.45, 2.75) is 24.7 Å². The number of rotatable bonds is 5. The molecule has 134 valence electrons. The standard InChI is InChI=1S/C17H17N5O2S2/c1-12-11-25-17(21-12)13(9-18)10-20-14-4-2-5-15(8-14)26(23,24)22-16-6-3-7-19-16/h2,4-5,8,10-11,20H,3,6-7H2,1H3,(H,19,22)/b13-10+. The van der Waals surface area contributed by atoms with Crippen LogP contribution in [0.15, 0.2) is 45.7 Å². The van der Waals surface area contributed by atoms with E-state index in [4.69, 9.17) is 0 Å². The van der Waals surface area contributed by atoms with Gasteiger partial charge in [-0.3, -0.25) is 9.71 Å². The maximum Gasteiger partial charge on any atom is 0.262 e. The number of anilines is 1. The molecule has 1 aromatic heterocycles. The molecule has 9 heteroatoms. The summed E-state index contributed by atoms with van der Waals surface area (Å²) in [5, 5.41) is 14.7. The van der Waals surface area contributed by atoms with Crippen LogP contribution in [0.1, 0.15) is 23.5 Å². The molecule has 0 aliphatic carbocycles. The second-order valence-corrected chi connectivity index (χ2v) is 8.21. The van der Waals surface area contributed by atoms with Crippen LogP contribution in [0.4, 0.5) is 5.69 Å². The normalized spacial score (nSPS) is 14.6. The Labute approximate surface area is 156 Å². The molecule has 26 heavy (non-hydrogen) atoms. The van der Waals surface area contributed by atoms with Crippen LogP contribution in [0, 0.1) is 18.3 Å². The lowest BCUT2D eigenvalue weighted by molar-refractivity contribution is 0.592. The monoisotopic (exact) mass is 387 g/mol. The Kier molecular flexibility index (Phi) is 5.35. The fourth-order valence-electron chi connectivity index (χ4n) is 2.36. The molecule has 7 nitrogen and oxygen atoms in total. The lowest BCUT2D eigenvalue weighted by Gasteiger charge is -2.09. The summed E-state index contributed by atoms with van der Waals surface area (Å²) in [5.74, 6) is 0.495. The summed E-state index contributed by atoms with van der Waals surface area (Å²) in [5.41, 5.74) is 1.79. The molecule has 0 spiro atoms. The van der Waals surface area contributed by atoms with Gasteiger partial charge < -0.3 is 5.32 Å². The summed E-state index contributed by atoms with van der Waals surface area (Å²) >= 11 is 1.38. The van der Waals surface area contributed by atoms with Crippen LogP contribution in [0.3, 0.4) is 0 Å². The number of aryl methyl sites for hydroxylation is 1. The summed E-state index contributed by atoms with van der Waals surface area (Å²) in [6, 6.07) is 8.49. The molecule has 1 aliphatic heterocycles. The average Bonchev–Trinajstić information content (AvgIpc) is 3.27. The Bertz CT molecular complexity index is 1020. The third-order valence-electron chi connectivity index (χ3n) is 3.62. The molecular weight excluding hydrogens is 370 g/mol. The number of aliphatic imine (C=N–C) groups is 1. The zero-order chi connectivity index (χ0) is 18.6. The first-order valence-corrected chi connectivity index (χ1v) is 10.3. The van der Waals surface area contributed by atoms with Crippen molar-refractivity contribution >= 4 is 38.5 Å². The maximum absolute atomic E-state index is 12.5. The highest BCUT2D eigenvalue weighted by molar-refractivity contribution is 7.90. The Morgan fingerprint density at radius 2 is 2.27 bits per heavy atom. The Morgan fingerprint density at radius 3 is 2.92 bits per heavy atom. The molecule has 1 aliphatic rings. The van der Waals surface area contributed by atoms with Gasteiger partial charge in [-0.25, -0.2) is 13.4 Å². The van der Waals surface area contributed by atoms with E-state index < -0.39 is 10.0 Å². The van der Waals surface area contributed by atoms with Crippen molar-refractivity contribution in [3.05, 3.63) is 46.5 Å². The number of benzene rings is 1. The Morgan fingerprint density at radius 1 is 1.42 bits per heavy atom. The number of nitriles is 1. The van der Waals surface area contributed by atoms with Crippen molar-refractivity contribution in [3.63, 3.8) is 0 Å². The zero-order valence-electron chi connectivity index (χ0n) is 14.1. The smallest absolute Gasteiger partial charge is 0.262 e. The van der Waals surface area contributed by atoms with Crippen LogP contribution in [0.5, 0.6) is 0 Å². The number of thiazole rings is 1. The molecule has 0 unspecified atom stereocenters. The van der Waals surface area contributed by atoms with Gasteiger partial charge in [-0.15, -0.1) is 11.3 Å². The van der Waals surface area contributed by atoms with Gasteiger partial charge in [-0.05, 0) is 31.5 Å². The van der Waals surface area contributed by atoms with Gasteiger partial charge in [0.15, 0.2) is 0 Å². The van der Waals surface area contributed by atoms with Crippen molar-refractivity contribution < 1.29 is 8.42 Å². The van der Waals surface area contributed by atoms with Crippen LogP contribution in [0.2, 0.25) is 0 Å². The molecule has 1 aromatic carbocycles. The first-order valence-electron chi connectivity index (χ1n) is 7.93. The number of allylic oxidation sites excluding steroid dienone is 1. The molecule has 2 N–H and O–H groups in total. The van der Waals surface area contributed by atoms with Gasteiger partial charge in [-0.2, -0.15) is 5.26 Å². The van der Waals surface area contributed by atoms with E-state index in [1.165, 1.54) is 29.7 Å². The van der Waals surface area contributed by atoms with Gasteiger partial charge in [-0.1, -0.05) is 6.07 Å². The first kappa shape index (κ1) is 18.1. The van der Waals surface area contributed by atoms with E-state index in [9.17, 15) is 13.7 Å². The molecule has 0 fully saturated rings. The van der Waals surface area contributed by atoms with Gasteiger partial charge in [0.25, 0.3) is 10.0 Å². The molecule has 0 saturated heterocycles. The van der Waals surface area contributed by atoms with Gasteiger partial charge in [0.2, 0.25) is 0 Å². The Hall–Kier alpha value is -2.70. The number of aromatic nitrogens is 1. The molecule has 2 heterocycles. The number of nitrogens with one attached hydrogen (secondary N) is 2. The van der Waals surface area contributed by atoms with Crippen LogP contribution >= 0.6 is 11.3 Å². The quantitative estimate of drug-likeness (QED) is 0.767. The van der Waals surface area contributed by atoms with Crippen LogP contribution in [0.25, 0.3) is 5.57 Å². The van der Waals surface area contributed by atoms with Crippen molar-refractivity contribution in [2.75, 3.05) is 11.9 Å². The molecule has 0 radical (unpaired) electrons. The average molecular weight is 387 g/mol. The minimum atomic E-state index is -3.68. The molecule has 0 atom stereocenters. The van der Waals surface area contributed by atoms with Crippen LogP contribution in [-0.4, -0.2) is 25.8 Å². The predicted octanol–water partition coefficient (Wildman–Crippen LogP) is 2.90. The second kappa shape index (κ2) is 7.68. The number of hydrogen-bond donors (Lipinski definition) is 2. The summed E-state index contributed by atoms with van der Waals surface area (Å²) in [6.45, 7) is 2.51. The minimum Gasteiger partial charge on any atom is -0.360 e. The summed E-state index contributed by atoms with van der Waals surface area (Å²) < 4.78 is 27.4. The molecule has 0 amide bonds. The van der Waals surface area contributed by atoms with Gasteiger partial charge in [0.05, 0.1) is 4.90 Å². The van der Waals surface area contributed by atoms with Crippen LogP contribution < -0.4 is 10.0 Å². The van der Waals surface area contributed by atoms with E-state index >= 15 is 0 Å². The lowest BCUT2D eigenvalue weighted by atomic mass is 10.3. The number of amidine groups is 1. The van der Waals surface area contributed by atoms with Gasteiger partial charge in [0.1, 0.15) is 22.5 Å². The minimum absolute atomic E-state index is 0.133. The largest absolute Gasteiger partial charge is 0.360 e. The third-order valence-corrected chi connectivity index (χ3v) is 6.00. The molecule has 3 rings (SSSR count). The van der Waals surface area contributed by atoms with Crippen LogP contribution in [-0.2, 0) is 10.0 Å². The summed E-state index contributed by atoms with van der Waals surface area (Å²) in [4.78, 5) is 8.54. The fourth-order valence-corrected chi connectivity index (χ4v) is 4.26. The predicted molar refractivity (Wildman–Crippen MR) is 102 cm³/mol. The molecule has 0 saturated carbocycles. The SMILES string of the molecule is Cc1csc(/C(C#N)=C/Nc2cccc(S(=O)(=O)NC3=NCCC3)c2)n1. The van der Waals surface area contributed by atoms with E-state index in [1.54, 1.807) is 12.1 Å².